The largest absolute Gasteiger partial charge is 0.384 e. The SMILES string of the molecule is COCC1(CC(=O)N2CCC(n3cnc4c(N)ncnc43)C2)CC1. The van der Waals surface area contributed by atoms with Gasteiger partial charge in [-0.05, 0) is 19.3 Å². The Hall–Kier alpha value is -2.22. The number of fused-ring (bicyclic) bond motifs is 1. The van der Waals surface area contributed by atoms with Crippen LogP contribution in [0, 0.1) is 5.41 Å². The molecule has 3 heterocycles. The monoisotopic (exact) mass is 330 g/mol. The van der Waals surface area contributed by atoms with Crippen LogP contribution in [0.5, 0.6) is 0 Å². The number of anilines is 1. The molecule has 8 nitrogen and oxygen atoms in total. The summed E-state index contributed by atoms with van der Waals surface area (Å²) in [4.78, 5) is 27.2. The molecule has 0 bridgehead atoms. The normalized spacial score (nSPS) is 22.2. The number of ether oxygens (including phenoxy) is 1. The van der Waals surface area contributed by atoms with Gasteiger partial charge in [-0.15, -0.1) is 0 Å². The Morgan fingerprint density at radius 1 is 1.42 bits per heavy atom. The van der Waals surface area contributed by atoms with Crippen molar-refractivity contribution < 1.29 is 9.53 Å². The number of nitrogen functional groups attached to an aromatic ring is 1. The quantitative estimate of drug-likeness (QED) is 0.878. The van der Waals surface area contributed by atoms with E-state index >= 15 is 0 Å². The van der Waals surface area contributed by atoms with E-state index in [1.54, 1.807) is 13.4 Å². The molecule has 24 heavy (non-hydrogen) atoms. The van der Waals surface area contributed by atoms with Gasteiger partial charge >= 0.3 is 0 Å². The summed E-state index contributed by atoms with van der Waals surface area (Å²) in [7, 11) is 1.70. The van der Waals surface area contributed by atoms with Gasteiger partial charge in [-0.3, -0.25) is 4.79 Å². The Labute approximate surface area is 140 Å². The third kappa shape index (κ3) is 2.60. The van der Waals surface area contributed by atoms with E-state index in [2.05, 4.69) is 15.0 Å². The highest BCUT2D eigenvalue weighted by Gasteiger charge is 2.45. The molecule has 1 aliphatic carbocycles. The third-order valence-corrected chi connectivity index (χ3v) is 5.23. The van der Waals surface area contributed by atoms with Crippen molar-refractivity contribution in [3.63, 3.8) is 0 Å². The molecule has 2 aromatic heterocycles. The number of rotatable bonds is 5. The minimum atomic E-state index is 0.0906. The van der Waals surface area contributed by atoms with Gasteiger partial charge in [0.15, 0.2) is 11.5 Å². The van der Waals surface area contributed by atoms with E-state index < -0.39 is 0 Å². The van der Waals surface area contributed by atoms with Gasteiger partial charge in [0.1, 0.15) is 11.8 Å². The molecule has 4 rings (SSSR count). The fraction of sp³-hybridized carbons (Fsp3) is 0.625. The van der Waals surface area contributed by atoms with E-state index in [1.165, 1.54) is 6.33 Å². The van der Waals surface area contributed by atoms with Crippen LogP contribution in [0.3, 0.4) is 0 Å². The van der Waals surface area contributed by atoms with Gasteiger partial charge in [0.2, 0.25) is 5.91 Å². The van der Waals surface area contributed by atoms with E-state index in [1.807, 2.05) is 9.47 Å². The number of carbonyl (C=O) groups is 1. The zero-order chi connectivity index (χ0) is 16.7. The van der Waals surface area contributed by atoms with E-state index in [4.69, 9.17) is 10.5 Å². The summed E-state index contributed by atoms with van der Waals surface area (Å²) in [5.74, 6) is 0.616. The summed E-state index contributed by atoms with van der Waals surface area (Å²) in [6, 6.07) is 0.186. The first-order valence-corrected chi connectivity index (χ1v) is 8.32. The number of aromatic nitrogens is 4. The second-order valence-corrected chi connectivity index (χ2v) is 6.98. The predicted octanol–water partition coefficient (Wildman–Crippen LogP) is 0.999. The molecule has 8 heteroatoms. The summed E-state index contributed by atoms with van der Waals surface area (Å²) in [6.07, 6.45) is 6.88. The topological polar surface area (TPSA) is 99.2 Å². The molecule has 0 aromatic carbocycles. The first-order chi connectivity index (χ1) is 11.6. The summed E-state index contributed by atoms with van der Waals surface area (Å²) < 4.78 is 7.28. The molecule has 128 valence electrons. The first-order valence-electron chi connectivity index (χ1n) is 8.32. The summed E-state index contributed by atoms with van der Waals surface area (Å²) in [5, 5.41) is 0. The minimum Gasteiger partial charge on any atom is -0.384 e. The highest BCUT2D eigenvalue weighted by molar-refractivity contribution is 5.81. The fourth-order valence-corrected chi connectivity index (χ4v) is 3.62. The lowest BCUT2D eigenvalue weighted by Gasteiger charge is -2.20. The zero-order valence-electron chi connectivity index (χ0n) is 13.8. The van der Waals surface area contributed by atoms with Crippen LogP contribution in [0.4, 0.5) is 5.82 Å². The molecule has 0 spiro atoms. The second-order valence-electron chi connectivity index (χ2n) is 6.98. The molecule has 0 radical (unpaired) electrons. The molecule has 1 amide bonds. The number of amides is 1. The lowest BCUT2D eigenvalue weighted by atomic mass is 10.0. The maximum absolute atomic E-state index is 12.6. The van der Waals surface area contributed by atoms with Crippen molar-refractivity contribution in [3.8, 4) is 0 Å². The Bertz CT molecular complexity index is 769. The molecule has 1 unspecified atom stereocenters. The highest BCUT2D eigenvalue weighted by atomic mass is 16.5. The van der Waals surface area contributed by atoms with Gasteiger partial charge in [0.05, 0.1) is 19.0 Å². The molecular formula is C16H22N6O2. The highest BCUT2D eigenvalue weighted by Crippen LogP contribution is 2.49. The van der Waals surface area contributed by atoms with Crippen molar-refractivity contribution >= 4 is 22.9 Å². The molecule has 2 aromatic rings. The van der Waals surface area contributed by atoms with Crippen LogP contribution in [0.1, 0.15) is 31.7 Å². The first kappa shape index (κ1) is 15.3. The van der Waals surface area contributed by atoms with Crippen LogP contribution in [-0.4, -0.2) is 57.1 Å². The lowest BCUT2D eigenvalue weighted by Crippen LogP contribution is -2.32. The van der Waals surface area contributed by atoms with Crippen LogP contribution in [0.2, 0.25) is 0 Å². The van der Waals surface area contributed by atoms with Crippen LogP contribution in [-0.2, 0) is 9.53 Å². The molecule has 1 atom stereocenters. The summed E-state index contributed by atoms with van der Waals surface area (Å²) >= 11 is 0. The third-order valence-electron chi connectivity index (χ3n) is 5.23. The molecule has 1 aliphatic heterocycles. The number of hydrogen-bond donors (Lipinski definition) is 1. The van der Waals surface area contributed by atoms with Crippen LogP contribution < -0.4 is 5.73 Å². The standard InChI is InChI=1S/C16H22N6O2/c1-24-8-16(3-4-16)6-12(23)21-5-2-11(7-21)22-10-20-13-14(17)18-9-19-15(13)22/h9-11H,2-8H2,1H3,(H2,17,18,19). The Kier molecular flexibility index (Phi) is 3.64. The Morgan fingerprint density at radius 2 is 2.25 bits per heavy atom. The van der Waals surface area contributed by atoms with Crippen LogP contribution in [0.15, 0.2) is 12.7 Å². The van der Waals surface area contributed by atoms with Gasteiger partial charge in [-0.1, -0.05) is 0 Å². The lowest BCUT2D eigenvalue weighted by molar-refractivity contribution is -0.132. The molecule has 2 N–H and O–H groups in total. The molecule has 1 saturated heterocycles. The number of nitrogens with two attached hydrogens (primary N) is 1. The van der Waals surface area contributed by atoms with Crippen molar-refractivity contribution in [2.24, 2.45) is 5.41 Å². The smallest absolute Gasteiger partial charge is 0.223 e. The number of nitrogens with zero attached hydrogens (tertiary/aromatic N) is 5. The van der Waals surface area contributed by atoms with E-state index in [0.29, 0.717) is 30.9 Å². The fourth-order valence-electron chi connectivity index (χ4n) is 3.62. The average Bonchev–Trinajstić information content (AvgIpc) is 3.01. The van der Waals surface area contributed by atoms with Crippen molar-refractivity contribution in [1.82, 2.24) is 24.4 Å². The Morgan fingerprint density at radius 3 is 3.00 bits per heavy atom. The number of hydrogen-bond acceptors (Lipinski definition) is 6. The molecule has 2 fully saturated rings. The molecule has 1 saturated carbocycles. The maximum Gasteiger partial charge on any atom is 0.223 e. The van der Waals surface area contributed by atoms with Gasteiger partial charge in [0.25, 0.3) is 0 Å². The summed E-state index contributed by atoms with van der Waals surface area (Å²) in [6.45, 7) is 2.14. The van der Waals surface area contributed by atoms with Crippen molar-refractivity contribution in [3.05, 3.63) is 12.7 Å². The van der Waals surface area contributed by atoms with E-state index in [0.717, 1.165) is 31.5 Å². The van der Waals surface area contributed by atoms with Crippen LogP contribution >= 0.6 is 0 Å². The summed E-state index contributed by atoms with van der Waals surface area (Å²) in [5.41, 5.74) is 7.30. The van der Waals surface area contributed by atoms with Crippen molar-refractivity contribution in [2.45, 2.75) is 31.7 Å². The predicted molar refractivity (Wildman–Crippen MR) is 88.1 cm³/mol. The van der Waals surface area contributed by atoms with Crippen LogP contribution in [0.25, 0.3) is 11.2 Å². The van der Waals surface area contributed by atoms with Gasteiger partial charge in [-0.2, -0.15) is 0 Å². The Balaban J connectivity index is 1.46. The molecule has 2 aliphatic rings. The maximum atomic E-state index is 12.6. The van der Waals surface area contributed by atoms with E-state index in [-0.39, 0.29) is 17.4 Å². The average molecular weight is 330 g/mol. The number of imidazole rings is 1. The molecular weight excluding hydrogens is 308 g/mol. The van der Waals surface area contributed by atoms with E-state index in [9.17, 15) is 4.79 Å². The number of methoxy groups -OCH3 is 1. The minimum absolute atomic E-state index is 0.0906. The van der Waals surface area contributed by atoms with Gasteiger partial charge in [-0.25, -0.2) is 15.0 Å². The van der Waals surface area contributed by atoms with Gasteiger partial charge < -0.3 is 19.9 Å². The zero-order valence-corrected chi connectivity index (χ0v) is 13.8. The van der Waals surface area contributed by atoms with Crippen molar-refractivity contribution in [2.75, 3.05) is 32.5 Å². The number of likely N-dealkylation sites (tertiary alicyclic amines) is 1. The van der Waals surface area contributed by atoms with Gasteiger partial charge in [0, 0.05) is 32.0 Å². The number of carbonyl (C=O) groups excluding carboxylic acids is 1. The second kappa shape index (κ2) is 5.70. The van der Waals surface area contributed by atoms with Crippen molar-refractivity contribution in [1.29, 1.82) is 0 Å².